The number of halogens is 2. The van der Waals surface area contributed by atoms with Gasteiger partial charge in [0.2, 0.25) is 0 Å². The van der Waals surface area contributed by atoms with E-state index >= 15 is 0 Å². The van der Waals surface area contributed by atoms with Crippen molar-refractivity contribution in [3.63, 3.8) is 0 Å². The number of aromatic nitrogens is 1. The Hall–Kier alpha value is -3.89. The van der Waals surface area contributed by atoms with Crippen molar-refractivity contribution in [2.24, 2.45) is 0 Å². The van der Waals surface area contributed by atoms with Gasteiger partial charge in [0.1, 0.15) is 23.2 Å². The second-order valence-corrected chi connectivity index (χ2v) is 9.83. The van der Waals surface area contributed by atoms with E-state index in [1.807, 2.05) is 24.3 Å². The van der Waals surface area contributed by atoms with Crippen LogP contribution < -0.4 is 5.32 Å². The Labute approximate surface area is 221 Å². The van der Waals surface area contributed by atoms with Crippen LogP contribution in [0.2, 0.25) is 10.0 Å². The third-order valence-electron chi connectivity index (χ3n) is 5.50. The minimum absolute atomic E-state index is 0.101. The van der Waals surface area contributed by atoms with Gasteiger partial charge < -0.3 is 4.42 Å². The number of benzene rings is 3. The summed E-state index contributed by atoms with van der Waals surface area (Å²) in [5.74, 6) is 0.338. The molecule has 0 atom stereocenters. The molecule has 5 aromatic rings. The molecule has 176 valence electrons. The molecule has 0 bridgehead atoms. The molecule has 36 heavy (non-hydrogen) atoms. The van der Waals surface area contributed by atoms with E-state index in [0.717, 1.165) is 10.4 Å². The number of hydrogen-bond donors (Lipinski definition) is 1. The lowest BCUT2D eigenvalue weighted by Gasteiger charge is -2.04. The zero-order chi connectivity index (χ0) is 25.1. The Morgan fingerprint density at radius 1 is 1.06 bits per heavy atom. The Balaban J connectivity index is 1.29. The van der Waals surface area contributed by atoms with Gasteiger partial charge in [-0.3, -0.25) is 10.1 Å². The number of fused-ring (bicyclic) bond motifs is 1. The average Bonchev–Trinajstić information content (AvgIpc) is 3.54. The molecule has 0 fully saturated rings. The number of anilines is 1. The van der Waals surface area contributed by atoms with Gasteiger partial charge in [-0.25, -0.2) is 4.98 Å². The van der Waals surface area contributed by atoms with Crippen molar-refractivity contribution in [2.75, 3.05) is 5.32 Å². The summed E-state index contributed by atoms with van der Waals surface area (Å²) in [5.41, 5.74) is 1.81. The normalized spacial score (nSPS) is 11.4. The quantitative estimate of drug-likeness (QED) is 0.178. The van der Waals surface area contributed by atoms with Gasteiger partial charge >= 0.3 is 0 Å². The van der Waals surface area contributed by atoms with Crippen molar-refractivity contribution < 1.29 is 9.21 Å². The molecule has 2 aromatic heterocycles. The summed E-state index contributed by atoms with van der Waals surface area (Å²) in [7, 11) is 0. The zero-order valence-corrected chi connectivity index (χ0v) is 21.0. The highest BCUT2D eigenvalue weighted by atomic mass is 35.5. The molecule has 3 aromatic carbocycles. The molecule has 1 amide bonds. The fraction of sp³-hybridized carbons (Fsp3) is 0.0357. The van der Waals surface area contributed by atoms with Gasteiger partial charge in [-0.05, 0) is 46.7 Å². The fourth-order valence-electron chi connectivity index (χ4n) is 3.77. The van der Waals surface area contributed by atoms with Crippen LogP contribution >= 0.6 is 34.5 Å². The summed E-state index contributed by atoms with van der Waals surface area (Å²) in [6, 6.07) is 24.9. The summed E-state index contributed by atoms with van der Waals surface area (Å²) < 4.78 is 5.78. The molecule has 0 aliphatic heterocycles. The number of nitrogens with zero attached hydrogens (tertiary/aromatic N) is 2. The van der Waals surface area contributed by atoms with E-state index in [0.29, 0.717) is 33.1 Å². The third kappa shape index (κ3) is 5.19. The van der Waals surface area contributed by atoms with E-state index in [-0.39, 0.29) is 5.57 Å². The van der Waals surface area contributed by atoms with Crippen molar-refractivity contribution in [3.05, 3.63) is 111 Å². The van der Waals surface area contributed by atoms with Crippen LogP contribution in [0.25, 0.3) is 28.2 Å². The van der Waals surface area contributed by atoms with Gasteiger partial charge in [0.05, 0.1) is 10.0 Å². The van der Waals surface area contributed by atoms with E-state index in [1.165, 1.54) is 33.7 Å². The lowest BCUT2D eigenvalue weighted by molar-refractivity contribution is -0.112. The van der Waals surface area contributed by atoms with Crippen LogP contribution in [-0.4, -0.2) is 10.9 Å². The maximum atomic E-state index is 12.7. The lowest BCUT2D eigenvalue weighted by Crippen LogP contribution is -2.13. The number of hydrogen-bond acceptors (Lipinski definition) is 5. The highest BCUT2D eigenvalue weighted by Gasteiger charge is 2.14. The second-order valence-electron chi connectivity index (χ2n) is 7.90. The Morgan fingerprint density at radius 2 is 1.89 bits per heavy atom. The molecule has 2 heterocycles. The van der Waals surface area contributed by atoms with Crippen LogP contribution in [0.3, 0.4) is 0 Å². The van der Waals surface area contributed by atoms with E-state index in [9.17, 15) is 10.1 Å². The first-order chi connectivity index (χ1) is 17.5. The molecule has 0 aliphatic rings. The van der Waals surface area contributed by atoms with Crippen molar-refractivity contribution in [2.45, 2.75) is 6.42 Å². The van der Waals surface area contributed by atoms with Gasteiger partial charge in [-0.1, -0.05) is 65.7 Å². The molecule has 0 saturated heterocycles. The average molecular weight is 530 g/mol. The predicted molar refractivity (Wildman–Crippen MR) is 145 cm³/mol. The van der Waals surface area contributed by atoms with E-state index in [1.54, 1.807) is 36.5 Å². The molecular formula is C28H17Cl2N3O2S. The predicted octanol–water partition coefficient (Wildman–Crippen LogP) is 8.00. The number of nitriles is 1. The highest BCUT2D eigenvalue weighted by Crippen LogP contribution is 2.30. The summed E-state index contributed by atoms with van der Waals surface area (Å²) in [6.07, 6.45) is 3.83. The Kier molecular flexibility index (Phi) is 6.88. The fourth-order valence-corrected chi connectivity index (χ4v) is 4.90. The van der Waals surface area contributed by atoms with E-state index < -0.39 is 5.91 Å². The smallest absolute Gasteiger partial charge is 0.268 e. The largest absolute Gasteiger partial charge is 0.457 e. The zero-order valence-electron chi connectivity index (χ0n) is 18.7. The summed E-state index contributed by atoms with van der Waals surface area (Å²) in [4.78, 5) is 18.1. The third-order valence-corrected chi connectivity index (χ3v) is 7.15. The number of carbonyl (C=O) groups is 1. The maximum absolute atomic E-state index is 12.7. The van der Waals surface area contributed by atoms with Crippen LogP contribution in [-0.2, 0) is 11.2 Å². The molecule has 0 aliphatic carbocycles. The van der Waals surface area contributed by atoms with Gasteiger partial charge in [0.15, 0.2) is 5.13 Å². The number of thiazole rings is 1. The van der Waals surface area contributed by atoms with Crippen LogP contribution in [0.15, 0.2) is 89.0 Å². The molecule has 5 nitrogen and oxygen atoms in total. The van der Waals surface area contributed by atoms with Gasteiger partial charge in [0.25, 0.3) is 5.91 Å². The molecule has 0 unspecified atom stereocenters. The topological polar surface area (TPSA) is 78.9 Å². The van der Waals surface area contributed by atoms with E-state index in [2.05, 4.69) is 34.6 Å². The minimum atomic E-state index is -0.559. The molecule has 8 heteroatoms. The van der Waals surface area contributed by atoms with Crippen LogP contribution in [0, 0.1) is 11.3 Å². The summed E-state index contributed by atoms with van der Waals surface area (Å²) in [5, 5.41) is 15.9. The monoisotopic (exact) mass is 529 g/mol. The van der Waals surface area contributed by atoms with Crippen molar-refractivity contribution in [1.29, 1.82) is 5.26 Å². The van der Waals surface area contributed by atoms with Gasteiger partial charge in [-0.15, -0.1) is 11.3 Å². The Bertz CT molecular complexity index is 1660. The standard InChI is InChI=1S/C28H17Cl2N3O2S/c29-24-10-8-19(14-25(24)30)26-11-9-21(35-26)12-20(15-31)27(34)33-28-32-16-22(36-28)13-18-6-3-5-17-4-1-2-7-23(17)18/h1-12,14,16H,13H2,(H,32,33,34). The SMILES string of the molecule is N#CC(=Cc1ccc(-c2ccc(Cl)c(Cl)c2)o1)C(=O)Nc1ncc(Cc2cccc3ccccc23)s1. The number of rotatable bonds is 6. The van der Waals surface area contributed by atoms with Crippen molar-refractivity contribution >= 4 is 62.4 Å². The lowest BCUT2D eigenvalue weighted by atomic mass is 10.0. The molecule has 1 N–H and O–H groups in total. The molecular weight excluding hydrogens is 513 g/mol. The summed E-state index contributed by atoms with van der Waals surface area (Å²) >= 11 is 13.4. The van der Waals surface area contributed by atoms with Crippen LogP contribution in [0.1, 0.15) is 16.2 Å². The van der Waals surface area contributed by atoms with Crippen molar-refractivity contribution in [1.82, 2.24) is 4.98 Å². The molecule has 0 spiro atoms. The van der Waals surface area contributed by atoms with Crippen LogP contribution in [0.5, 0.6) is 0 Å². The molecule has 0 saturated carbocycles. The summed E-state index contributed by atoms with van der Waals surface area (Å²) in [6.45, 7) is 0. The number of furan rings is 1. The highest BCUT2D eigenvalue weighted by molar-refractivity contribution is 7.15. The maximum Gasteiger partial charge on any atom is 0.268 e. The van der Waals surface area contributed by atoms with E-state index in [4.69, 9.17) is 27.6 Å². The minimum Gasteiger partial charge on any atom is -0.457 e. The number of carbonyl (C=O) groups excluding carboxylic acids is 1. The van der Waals surface area contributed by atoms with Gasteiger partial charge in [0, 0.05) is 29.1 Å². The number of amides is 1. The first-order valence-electron chi connectivity index (χ1n) is 10.9. The molecule has 0 radical (unpaired) electrons. The second kappa shape index (κ2) is 10.4. The van der Waals surface area contributed by atoms with Gasteiger partial charge in [-0.2, -0.15) is 5.26 Å². The molecule has 5 rings (SSSR count). The van der Waals surface area contributed by atoms with Crippen LogP contribution in [0.4, 0.5) is 5.13 Å². The first-order valence-corrected chi connectivity index (χ1v) is 12.5. The van der Waals surface area contributed by atoms with Crippen molar-refractivity contribution in [3.8, 4) is 17.4 Å². The number of nitrogens with one attached hydrogen (secondary N) is 1. The Morgan fingerprint density at radius 3 is 2.72 bits per heavy atom. The first kappa shape index (κ1) is 23.8.